The molecule has 0 aliphatic rings. The van der Waals surface area contributed by atoms with Gasteiger partial charge in [-0.15, -0.1) is 0 Å². The molecule has 0 heterocycles. The molecule has 0 aliphatic heterocycles. The first-order chi connectivity index (χ1) is 11.9. The number of sulfone groups is 1. The second-order valence-electron chi connectivity index (χ2n) is 7.18. The third-order valence-electron chi connectivity index (χ3n) is 4.96. The van der Waals surface area contributed by atoms with Gasteiger partial charge in [-0.2, -0.15) is 0 Å². The first-order valence-electron chi connectivity index (χ1n) is 10.4. The third kappa shape index (κ3) is 14.3. The molecule has 150 valence electrons. The van der Waals surface area contributed by atoms with Crippen LogP contribution in [0.15, 0.2) is 0 Å². The maximum Gasteiger partial charge on any atom is 0.303 e. The van der Waals surface area contributed by atoms with E-state index in [0.29, 0.717) is 0 Å². The van der Waals surface area contributed by atoms with Gasteiger partial charge < -0.3 is 5.11 Å². The molecule has 0 fully saturated rings. The number of carboxylic acid groups (broad SMARTS) is 1. The van der Waals surface area contributed by atoms with E-state index in [0.717, 1.165) is 57.8 Å². The fourth-order valence-electron chi connectivity index (χ4n) is 3.25. The number of hydrogen-bond acceptors (Lipinski definition) is 3. The van der Waals surface area contributed by atoms with Crippen molar-refractivity contribution in [3.63, 3.8) is 0 Å². The number of aliphatic carboxylic acids is 1. The van der Waals surface area contributed by atoms with Crippen molar-refractivity contribution in [2.45, 2.75) is 115 Å². The van der Waals surface area contributed by atoms with E-state index in [1.54, 1.807) is 6.92 Å². The van der Waals surface area contributed by atoms with Gasteiger partial charge in [0.1, 0.15) is 0 Å². The average Bonchev–Trinajstić information content (AvgIpc) is 2.57. The minimum atomic E-state index is -2.95. The van der Waals surface area contributed by atoms with Gasteiger partial charge in [-0.1, -0.05) is 84.5 Å². The Balaban J connectivity index is 3.94. The molecule has 0 rings (SSSR count). The summed E-state index contributed by atoms with van der Waals surface area (Å²) < 4.78 is 24.6. The van der Waals surface area contributed by atoms with Crippen LogP contribution in [0.4, 0.5) is 0 Å². The highest BCUT2D eigenvalue weighted by atomic mass is 32.2. The lowest BCUT2D eigenvalue weighted by Crippen LogP contribution is -2.23. The van der Waals surface area contributed by atoms with Crippen LogP contribution < -0.4 is 0 Å². The van der Waals surface area contributed by atoms with Gasteiger partial charge >= 0.3 is 5.97 Å². The number of unbranched alkanes of at least 4 members (excludes halogenated alkanes) is 10. The summed E-state index contributed by atoms with van der Waals surface area (Å²) in [6.07, 6.45) is 14.9. The smallest absolute Gasteiger partial charge is 0.303 e. The lowest BCUT2D eigenvalue weighted by atomic mass is 10.0. The summed E-state index contributed by atoms with van der Waals surface area (Å²) in [5.74, 6) is -0.490. The van der Waals surface area contributed by atoms with Crippen LogP contribution in [0.3, 0.4) is 0 Å². The molecule has 0 aromatic carbocycles. The Labute approximate surface area is 155 Å². The van der Waals surface area contributed by atoms with E-state index in [2.05, 4.69) is 6.92 Å². The Morgan fingerprint density at radius 3 is 1.64 bits per heavy atom. The van der Waals surface area contributed by atoms with Crippen LogP contribution >= 0.6 is 0 Å². The molecule has 0 saturated carbocycles. The van der Waals surface area contributed by atoms with Gasteiger partial charge in [0.2, 0.25) is 0 Å². The van der Waals surface area contributed by atoms with Crippen LogP contribution in [0.2, 0.25) is 0 Å². The average molecular weight is 377 g/mol. The summed E-state index contributed by atoms with van der Waals surface area (Å²) in [6, 6.07) is 0. The summed E-state index contributed by atoms with van der Waals surface area (Å²) in [6.45, 7) is 3.96. The highest BCUT2D eigenvalue weighted by Crippen LogP contribution is 2.20. The molecule has 0 aromatic heterocycles. The fraction of sp³-hybridized carbons (Fsp3) is 0.950. The predicted molar refractivity (Wildman–Crippen MR) is 106 cm³/mol. The molecule has 1 atom stereocenters. The Morgan fingerprint density at radius 2 is 1.20 bits per heavy atom. The van der Waals surface area contributed by atoms with E-state index >= 15 is 0 Å². The Hall–Kier alpha value is -0.580. The van der Waals surface area contributed by atoms with Crippen LogP contribution in [0, 0.1) is 0 Å². The highest BCUT2D eigenvalue weighted by Gasteiger charge is 2.22. The van der Waals surface area contributed by atoms with Crippen molar-refractivity contribution in [2.75, 3.05) is 5.75 Å². The molecular formula is C20H40O4S. The van der Waals surface area contributed by atoms with Gasteiger partial charge in [0, 0.05) is 12.2 Å². The summed E-state index contributed by atoms with van der Waals surface area (Å²) in [5.41, 5.74) is 0. The maximum atomic E-state index is 12.3. The number of hydrogen-bond donors (Lipinski definition) is 1. The topological polar surface area (TPSA) is 71.4 Å². The van der Waals surface area contributed by atoms with Crippen molar-refractivity contribution >= 4 is 15.8 Å². The standard InChI is InChI=1S/C20H40O4S/c1-3-5-6-7-8-10-13-16-19(25(23,24)4-2)17-14-11-9-12-15-18-20(21)22/h19H,3-18H2,1-2H3,(H,21,22). The van der Waals surface area contributed by atoms with Gasteiger partial charge in [0.25, 0.3) is 0 Å². The molecule has 0 amide bonds. The van der Waals surface area contributed by atoms with Crippen molar-refractivity contribution in [1.29, 1.82) is 0 Å². The van der Waals surface area contributed by atoms with Crippen molar-refractivity contribution in [3.8, 4) is 0 Å². The molecule has 0 aliphatic carbocycles. The van der Waals surface area contributed by atoms with Crippen molar-refractivity contribution in [2.24, 2.45) is 0 Å². The lowest BCUT2D eigenvalue weighted by Gasteiger charge is -2.16. The maximum absolute atomic E-state index is 12.3. The monoisotopic (exact) mass is 376 g/mol. The Morgan fingerprint density at radius 1 is 0.760 bits per heavy atom. The molecule has 0 spiro atoms. The van der Waals surface area contributed by atoms with Crippen molar-refractivity contribution in [1.82, 2.24) is 0 Å². The van der Waals surface area contributed by atoms with Crippen molar-refractivity contribution in [3.05, 3.63) is 0 Å². The van der Waals surface area contributed by atoms with Gasteiger partial charge in [-0.25, -0.2) is 8.42 Å². The molecule has 0 radical (unpaired) electrons. The lowest BCUT2D eigenvalue weighted by molar-refractivity contribution is -0.137. The van der Waals surface area contributed by atoms with E-state index in [4.69, 9.17) is 5.11 Å². The molecular weight excluding hydrogens is 336 g/mol. The minimum absolute atomic E-state index is 0.174. The number of carbonyl (C=O) groups is 1. The van der Waals surface area contributed by atoms with E-state index in [1.807, 2.05) is 0 Å². The minimum Gasteiger partial charge on any atom is -0.481 e. The summed E-state index contributed by atoms with van der Waals surface area (Å²) in [7, 11) is -2.95. The normalized spacial score (nSPS) is 13.0. The number of carboxylic acids is 1. The van der Waals surface area contributed by atoms with Gasteiger partial charge in [-0.05, 0) is 19.3 Å². The Kier molecular flexibility index (Phi) is 15.3. The van der Waals surface area contributed by atoms with Crippen LogP contribution in [0.5, 0.6) is 0 Å². The Bertz CT molecular complexity index is 417. The molecule has 0 aromatic rings. The van der Waals surface area contributed by atoms with Gasteiger partial charge in [0.05, 0.1) is 5.25 Å². The molecule has 0 saturated heterocycles. The van der Waals surface area contributed by atoms with Gasteiger partial charge in [0.15, 0.2) is 9.84 Å². The molecule has 4 nitrogen and oxygen atoms in total. The first kappa shape index (κ1) is 24.4. The zero-order chi connectivity index (χ0) is 19.0. The quantitative estimate of drug-likeness (QED) is 0.309. The molecule has 1 N–H and O–H groups in total. The summed E-state index contributed by atoms with van der Waals surface area (Å²) in [5, 5.41) is 8.43. The van der Waals surface area contributed by atoms with Crippen LogP contribution in [0.25, 0.3) is 0 Å². The summed E-state index contributed by atoms with van der Waals surface area (Å²) in [4.78, 5) is 10.5. The van der Waals surface area contributed by atoms with E-state index < -0.39 is 15.8 Å². The van der Waals surface area contributed by atoms with E-state index in [-0.39, 0.29) is 17.4 Å². The first-order valence-corrected chi connectivity index (χ1v) is 12.1. The molecule has 0 bridgehead atoms. The zero-order valence-corrected chi connectivity index (χ0v) is 17.3. The molecule has 5 heteroatoms. The second-order valence-corrected chi connectivity index (χ2v) is 9.75. The third-order valence-corrected chi connectivity index (χ3v) is 7.25. The molecule has 25 heavy (non-hydrogen) atoms. The largest absolute Gasteiger partial charge is 0.481 e. The fourth-order valence-corrected chi connectivity index (χ4v) is 4.77. The van der Waals surface area contributed by atoms with Crippen LogP contribution in [-0.2, 0) is 14.6 Å². The molecule has 1 unspecified atom stereocenters. The van der Waals surface area contributed by atoms with Crippen LogP contribution in [-0.4, -0.2) is 30.5 Å². The van der Waals surface area contributed by atoms with E-state index in [9.17, 15) is 13.2 Å². The zero-order valence-electron chi connectivity index (χ0n) is 16.5. The van der Waals surface area contributed by atoms with Crippen molar-refractivity contribution < 1.29 is 18.3 Å². The van der Waals surface area contributed by atoms with Crippen LogP contribution in [0.1, 0.15) is 110 Å². The second kappa shape index (κ2) is 15.7. The summed E-state index contributed by atoms with van der Waals surface area (Å²) >= 11 is 0. The number of rotatable bonds is 18. The SMILES string of the molecule is CCCCCCCCCC(CCCCCCCC(=O)O)S(=O)(=O)CC. The van der Waals surface area contributed by atoms with Gasteiger partial charge in [-0.3, -0.25) is 4.79 Å². The predicted octanol–water partition coefficient (Wildman–Crippen LogP) is 5.75. The van der Waals surface area contributed by atoms with E-state index in [1.165, 1.54) is 32.1 Å². The highest BCUT2D eigenvalue weighted by molar-refractivity contribution is 7.91.